The van der Waals surface area contributed by atoms with Crippen LogP contribution < -0.4 is 0 Å². The maximum Gasteiger partial charge on any atom is 0.307 e. The normalized spacial score (nSPS) is 13.4. The van der Waals surface area contributed by atoms with E-state index in [2.05, 4.69) is 0 Å². The molecule has 0 saturated carbocycles. The van der Waals surface area contributed by atoms with Gasteiger partial charge in [-0.15, -0.1) is 0 Å². The summed E-state index contributed by atoms with van der Waals surface area (Å²) >= 11 is 0. The first-order valence-corrected chi connectivity index (χ1v) is 8.08. The van der Waals surface area contributed by atoms with E-state index in [4.69, 9.17) is 5.11 Å². The maximum absolute atomic E-state index is 12.5. The van der Waals surface area contributed by atoms with Gasteiger partial charge in [-0.2, -0.15) is 4.31 Å². The maximum atomic E-state index is 12.5. The summed E-state index contributed by atoms with van der Waals surface area (Å²) in [6.45, 7) is 5.42. The summed E-state index contributed by atoms with van der Waals surface area (Å²) in [5, 5.41) is 8.91. The Labute approximate surface area is 120 Å². The number of carboxylic acid groups (broad SMARTS) is 1. The topological polar surface area (TPSA) is 74.7 Å². The largest absolute Gasteiger partial charge is 0.481 e. The second-order valence-electron chi connectivity index (χ2n) is 4.69. The second kappa shape index (κ2) is 6.85. The lowest BCUT2D eigenvalue weighted by atomic mass is 10.2. The molecule has 1 rings (SSSR count). The van der Waals surface area contributed by atoms with E-state index >= 15 is 0 Å². The summed E-state index contributed by atoms with van der Waals surface area (Å²) in [7, 11) is -3.63. The number of aryl methyl sites for hydroxylation is 1. The van der Waals surface area contributed by atoms with Crippen molar-refractivity contribution in [3.05, 3.63) is 29.8 Å². The molecule has 0 bridgehead atoms. The molecule has 20 heavy (non-hydrogen) atoms. The van der Waals surface area contributed by atoms with Gasteiger partial charge in [0.2, 0.25) is 10.0 Å². The Hall–Kier alpha value is -1.40. The number of nitrogens with zero attached hydrogens (tertiary/aromatic N) is 1. The molecular weight excluding hydrogens is 278 g/mol. The Balaban J connectivity index is 3.01. The van der Waals surface area contributed by atoms with Gasteiger partial charge >= 0.3 is 5.97 Å². The minimum absolute atomic E-state index is 0.0241. The van der Waals surface area contributed by atoms with Gasteiger partial charge in [0.05, 0.1) is 10.8 Å². The highest BCUT2D eigenvalue weighted by Crippen LogP contribution is 2.18. The Morgan fingerprint density at radius 3 is 2.20 bits per heavy atom. The van der Waals surface area contributed by atoms with Crippen molar-refractivity contribution < 1.29 is 18.3 Å². The molecule has 0 aliphatic carbocycles. The molecule has 1 atom stereocenters. The van der Waals surface area contributed by atoms with Crippen LogP contribution in [-0.4, -0.2) is 36.9 Å². The van der Waals surface area contributed by atoms with Gasteiger partial charge in [0.25, 0.3) is 0 Å². The van der Waals surface area contributed by atoms with E-state index in [1.54, 1.807) is 31.2 Å². The zero-order valence-electron chi connectivity index (χ0n) is 12.0. The first-order chi connectivity index (χ1) is 9.32. The number of hydrogen-bond donors (Lipinski definition) is 1. The number of benzene rings is 1. The predicted octanol–water partition coefficient (Wildman–Crippen LogP) is 1.98. The highest BCUT2D eigenvalue weighted by atomic mass is 32.2. The van der Waals surface area contributed by atoms with Crippen molar-refractivity contribution in [1.29, 1.82) is 0 Å². The molecule has 0 unspecified atom stereocenters. The first-order valence-electron chi connectivity index (χ1n) is 6.64. The molecule has 0 amide bonds. The lowest BCUT2D eigenvalue weighted by Crippen LogP contribution is -2.36. The van der Waals surface area contributed by atoms with Gasteiger partial charge in [-0.3, -0.25) is 4.79 Å². The van der Waals surface area contributed by atoms with E-state index in [0.29, 0.717) is 0 Å². The van der Waals surface area contributed by atoms with E-state index in [0.717, 1.165) is 12.0 Å². The molecule has 1 aromatic carbocycles. The standard InChI is InChI=1S/C14H21NO4S/c1-4-12-6-8-13(9-7-12)20(18,19)15(5-2)10-11(3)14(16)17/h6-9,11H,4-5,10H2,1-3H3,(H,16,17)/t11-/m1/s1. The summed E-state index contributed by atoms with van der Waals surface area (Å²) in [6, 6.07) is 6.70. The van der Waals surface area contributed by atoms with Crippen LogP contribution in [0.15, 0.2) is 29.2 Å². The number of hydrogen-bond acceptors (Lipinski definition) is 3. The monoisotopic (exact) mass is 299 g/mol. The highest BCUT2D eigenvalue weighted by Gasteiger charge is 2.26. The van der Waals surface area contributed by atoms with E-state index < -0.39 is 21.9 Å². The fraction of sp³-hybridized carbons (Fsp3) is 0.500. The summed E-state index contributed by atoms with van der Waals surface area (Å²) < 4.78 is 26.1. The van der Waals surface area contributed by atoms with Crippen molar-refractivity contribution in [3.8, 4) is 0 Å². The van der Waals surface area contributed by atoms with E-state index in [-0.39, 0.29) is 18.0 Å². The van der Waals surface area contributed by atoms with Crippen LogP contribution in [0.5, 0.6) is 0 Å². The number of aliphatic carboxylic acids is 1. The third kappa shape index (κ3) is 3.80. The summed E-state index contributed by atoms with van der Waals surface area (Å²) in [4.78, 5) is 11.1. The van der Waals surface area contributed by atoms with Crippen LogP contribution in [0.2, 0.25) is 0 Å². The van der Waals surface area contributed by atoms with Gasteiger partial charge in [-0.05, 0) is 24.1 Å². The van der Waals surface area contributed by atoms with Crippen molar-refractivity contribution >= 4 is 16.0 Å². The average molecular weight is 299 g/mol. The van der Waals surface area contributed by atoms with Crippen LogP contribution >= 0.6 is 0 Å². The van der Waals surface area contributed by atoms with Crippen molar-refractivity contribution in [2.75, 3.05) is 13.1 Å². The van der Waals surface area contributed by atoms with Crippen LogP contribution in [0.25, 0.3) is 0 Å². The lowest BCUT2D eigenvalue weighted by Gasteiger charge is -2.22. The summed E-state index contributed by atoms with van der Waals surface area (Å²) in [5.41, 5.74) is 1.06. The van der Waals surface area contributed by atoms with Gasteiger partial charge < -0.3 is 5.11 Å². The van der Waals surface area contributed by atoms with Crippen molar-refractivity contribution in [3.63, 3.8) is 0 Å². The van der Waals surface area contributed by atoms with Crippen molar-refractivity contribution in [1.82, 2.24) is 4.31 Å². The van der Waals surface area contributed by atoms with Gasteiger partial charge in [-0.1, -0.05) is 32.9 Å². The van der Waals surface area contributed by atoms with E-state index in [9.17, 15) is 13.2 Å². The molecule has 1 N–H and O–H groups in total. The van der Waals surface area contributed by atoms with Crippen LogP contribution in [-0.2, 0) is 21.2 Å². The van der Waals surface area contributed by atoms with E-state index in [1.165, 1.54) is 11.2 Å². The van der Waals surface area contributed by atoms with Gasteiger partial charge in [0.1, 0.15) is 0 Å². The van der Waals surface area contributed by atoms with Crippen LogP contribution in [0.4, 0.5) is 0 Å². The summed E-state index contributed by atoms with van der Waals surface area (Å²) in [6.07, 6.45) is 0.841. The second-order valence-corrected chi connectivity index (χ2v) is 6.63. The van der Waals surface area contributed by atoms with Crippen LogP contribution in [0, 0.1) is 5.92 Å². The number of carboxylic acids is 1. The zero-order chi connectivity index (χ0) is 15.3. The Kier molecular flexibility index (Phi) is 5.71. The molecule has 0 heterocycles. The average Bonchev–Trinajstić information content (AvgIpc) is 2.44. The fourth-order valence-electron chi connectivity index (χ4n) is 1.83. The fourth-order valence-corrected chi connectivity index (χ4v) is 3.36. The molecule has 0 saturated heterocycles. The minimum atomic E-state index is -3.63. The molecule has 0 aromatic heterocycles. The Bertz CT molecular complexity index is 551. The number of rotatable bonds is 7. The molecule has 0 aliphatic heterocycles. The molecular formula is C14H21NO4S. The minimum Gasteiger partial charge on any atom is -0.481 e. The molecule has 0 fully saturated rings. The summed E-state index contributed by atoms with van der Waals surface area (Å²) in [5.74, 6) is -1.74. The molecule has 0 spiro atoms. The number of carbonyl (C=O) groups is 1. The Morgan fingerprint density at radius 2 is 1.80 bits per heavy atom. The quantitative estimate of drug-likeness (QED) is 0.835. The molecule has 0 radical (unpaired) electrons. The van der Waals surface area contributed by atoms with Crippen molar-refractivity contribution in [2.24, 2.45) is 5.92 Å². The van der Waals surface area contributed by atoms with Gasteiger partial charge in [-0.25, -0.2) is 8.42 Å². The number of sulfonamides is 1. The molecule has 1 aromatic rings. The van der Waals surface area contributed by atoms with Gasteiger partial charge in [0.15, 0.2) is 0 Å². The SMILES string of the molecule is CCc1ccc(S(=O)(=O)N(CC)C[C@@H](C)C(=O)O)cc1. The highest BCUT2D eigenvalue weighted by molar-refractivity contribution is 7.89. The van der Waals surface area contributed by atoms with E-state index in [1.807, 2.05) is 6.92 Å². The zero-order valence-corrected chi connectivity index (χ0v) is 12.9. The molecule has 112 valence electrons. The molecule has 0 aliphatic rings. The molecule has 6 heteroatoms. The lowest BCUT2D eigenvalue weighted by molar-refractivity contribution is -0.141. The molecule has 5 nitrogen and oxygen atoms in total. The predicted molar refractivity (Wildman–Crippen MR) is 77.1 cm³/mol. The third-order valence-electron chi connectivity index (χ3n) is 3.22. The first kappa shape index (κ1) is 16.7. The smallest absolute Gasteiger partial charge is 0.307 e. The third-order valence-corrected chi connectivity index (χ3v) is 5.18. The van der Waals surface area contributed by atoms with Crippen LogP contribution in [0.1, 0.15) is 26.3 Å². The van der Waals surface area contributed by atoms with Gasteiger partial charge in [0, 0.05) is 13.1 Å². The Morgan fingerprint density at radius 1 is 1.25 bits per heavy atom. The van der Waals surface area contributed by atoms with Crippen molar-refractivity contribution in [2.45, 2.75) is 32.1 Å². The van der Waals surface area contributed by atoms with Crippen LogP contribution in [0.3, 0.4) is 0 Å².